The average molecular weight is 483 g/mol. The molecule has 0 saturated heterocycles. The fraction of sp³-hybridized carbons (Fsp3) is 0.261. The maximum atomic E-state index is 12.8. The number of rotatable bonds is 8. The van der Waals surface area contributed by atoms with Crippen molar-refractivity contribution in [3.63, 3.8) is 0 Å². The number of aryl methyl sites for hydroxylation is 1. The summed E-state index contributed by atoms with van der Waals surface area (Å²) in [6.07, 6.45) is 1.90. The van der Waals surface area contributed by atoms with Crippen molar-refractivity contribution in [2.45, 2.75) is 19.9 Å². The van der Waals surface area contributed by atoms with E-state index in [1.54, 1.807) is 20.3 Å². The summed E-state index contributed by atoms with van der Waals surface area (Å²) in [6.45, 7) is 2.10. The van der Waals surface area contributed by atoms with Crippen LogP contribution in [0.25, 0.3) is 16.9 Å². The van der Waals surface area contributed by atoms with Crippen molar-refractivity contribution >= 4 is 28.7 Å². The van der Waals surface area contributed by atoms with E-state index >= 15 is 0 Å². The van der Waals surface area contributed by atoms with Crippen molar-refractivity contribution in [3.8, 4) is 17.2 Å². The maximum absolute atomic E-state index is 12.8. The molecule has 2 aromatic heterocycles. The Morgan fingerprint density at radius 2 is 1.91 bits per heavy atom. The molecule has 1 amide bonds. The molecule has 4 aromatic rings. The minimum atomic E-state index is -0.454. The second-order valence-corrected chi connectivity index (χ2v) is 7.98. The highest BCUT2D eigenvalue weighted by Crippen LogP contribution is 2.27. The summed E-state index contributed by atoms with van der Waals surface area (Å²) in [5, 5.41) is 11.4. The number of aromatic nitrogens is 5. The molecule has 0 aliphatic heterocycles. The van der Waals surface area contributed by atoms with Gasteiger partial charge in [0.1, 0.15) is 12.9 Å². The summed E-state index contributed by atoms with van der Waals surface area (Å²) in [4.78, 5) is 29.5. The van der Waals surface area contributed by atoms with Crippen LogP contribution in [0.1, 0.15) is 11.1 Å². The standard InChI is InChI=1S/C23H23ClN6O4/c1-14-4-6-16(11-17(14)24)30-22-21(27-28-30)23(32)29(13-26-22)12-20(31)25-9-8-15-5-7-18(33-2)19(10-15)34-3/h4-7,10-11,13H,8-9,12H2,1-3H3,(H,25,31). The Labute approximate surface area is 200 Å². The van der Waals surface area contributed by atoms with Crippen LogP contribution in [0, 0.1) is 6.92 Å². The number of hydrogen-bond acceptors (Lipinski definition) is 7. The normalized spacial score (nSPS) is 10.9. The van der Waals surface area contributed by atoms with Crippen molar-refractivity contribution in [2.75, 3.05) is 20.8 Å². The van der Waals surface area contributed by atoms with Crippen molar-refractivity contribution in [3.05, 3.63) is 69.2 Å². The van der Waals surface area contributed by atoms with Crippen LogP contribution >= 0.6 is 11.6 Å². The number of methoxy groups -OCH3 is 2. The van der Waals surface area contributed by atoms with Crippen LogP contribution < -0.4 is 20.3 Å². The van der Waals surface area contributed by atoms with E-state index in [2.05, 4.69) is 20.6 Å². The molecule has 10 nitrogen and oxygen atoms in total. The van der Waals surface area contributed by atoms with Gasteiger partial charge in [-0.25, -0.2) is 4.98 Å². The van der Waals surface area contributed by atoms with Gasteiger partial charge < -0.3 is 14.8 Å². The molecule has 0 aliphatic rings. The molecule has 0 aliphatic carbocycles. The van der Waals surface area contributed by atoms with Gasteiger partial charge in [0, 0.05) is 11.6 Å². The van der Waals surface area contributed by atoms with Crippen LogP contribution in [0.2, 0.25) is 5.02 Å². The maximum Gasteiger partial charge on any atom is 0.284 e. The number of amides is 1. The van der Waals surface area contributed by atoms with Gasteiger partial charge in [0.25, 0.3) is 5.56 Å². The molecule has 2 heterocycles. The third kappa shape index (κ3) is 4.72. The molecule has 11 heteroatoms. The first-order valence-corrected chi connectivity index (χ1v) is 10.8. The minimum absolute atomic E-state index is 0.0670. The molecule has 0 unspecified atom stereocenters. The molecule has 1 N–H and O–H groups in total. The molecule has 0 saturated carbocycles. The van der Waals surface area contributed by atoms with E-state index in [-0.39, 0.29) is 23.6 Å². The molecule has 0 bridgehead atoms. The second-order valence-electron chi connectivity index (χ2n) is 7.57. The number of benzene rings is 2. The van der Waals surface area contributed by atoms with Crippen LogP contribution in [0.4, 0.5) is 0 Å². The zero-order valence-corrected chi connectivity index (χ0v) is 19.7. The molecule has 176 valence electrons. The Bertz CT molecular complexity index is 1410. The third-order valence-corrected chi connectivity index (χ3v) is 5.73. The van der Waals surface area contributed by atoms with Crippen molar-refractivity contribution in [2.24, 2.45) is 0 Å². The average Bonchev–Trinajstić information content (AvgIpc) is 3.27. The molecule has 0 atom stereocenters. The lowest BCUT2D eigenvalue weighted by Gasteiger charge is -2.10. The van der Waals surface area contributed by atoms with E-state index in [0.717, 1.165) is 11.1 Å². The fourth-order valence-electron chi connectivity index (χ4n) is 3.44. The number of fused-ring (bicyclic) bond motifs is 1. The summed E-state index contributed by atoms with van der Waals surface area (Å²) in [5.74, 6) is 0.944. The van der Waals surface area contributed by atoms with Crippen molar-refractivity contribution in [1.82, 2.24) is 29.9 Å². The highest BCUT2D eigenvalue weighted by molar-refractivity contribution is 6.31. The topological polar surface area (TPSA) is 113 Å². The third-order valence-electron chi connectivity index (χ3n) is 5.33. The first-order valence-electron chi connectivity index (χ1n) is 10.5. The fourth-order valence-corrected chi connectivity index (χ4v) is 3.61. The zero-order chi connectivity index (χ0) is 24.2. The van der Waals surface area contributed by atoms with E-state index in [1.807, 2.05) is 37.3 Å². The Hall–Kier alpha value is -3.92. The van der Waals surface area contributed by atoms with Gasteiger partial charge >= 0.3 is 0 Å². The van der Waals surface area contributed by atoms with Crippen LogP contribution in [0.5, 0.6) is 11.5 Å². The molecular weight excluding hydrogens is 460 g/mol. The lowest BCUT2D eigenvalue weighted by Crippen LogP contribution is -2.33. The number of carbonyl (C=O) groups excluding carboxylic acids is 1. The number of halogens is 1. The number of carbonyl (C=O) groups is 1. The van der Waals surface area contributed by atoms with E-state index in [1.165, 1.54) is 15.6 Å². The Kier molecular flexibility index (Phi) is 6.78. The Balaban J connectivity index is 1.43. The molecule has 34 heavy (non-hydrogen) atoms. The lowest BCUT2D eigenvalue weighted by molar-refractivity contribution is -0.121. The Morgan fingerprint density at radius 1 is 1.12 bits per heavy atom. The molecule has 4 rings (SSSR count). The van der Waals surface area contributed by atoms with Gasteiger partial charge in [-0.1, -0.05) is 28.9 Å². The second kappa shape index (κ2) is 9.92. The molecule has 0 spiro atoms. The van der Waals surface area contributed by atoms with Crippen LogP contribution in [-0.4, -0.2) is 51.2 Å². The van der Waals surface area contributed by atoms with E-state index in [9.17, 15) is 9.59 Å². The highest BCUT2D eigenvalue weighted by atomic mass is 35.5. The van der Waals surface area contributed by atoms with Crippen LogP contribution in [0.15, 0.2) is 47.5 Å². The van der Waals surface area contributed by atoms with Gasteiger partial charge in [-0.15, -0.1) is 5.10 Å². The van der Waals surface area contributed by atoms with Gasteiger partial charge in [-0.05, 0) is 48.7 Å². The van der Waals surface area contributed by atoms with E-state index in [4.69, 9.17) is 21.1 Å². The summed E-state index contributed by atoms with van der Waals surface area (Å²) < 4.78 is 13.2. The molecule has 2 aromatic carbocycles. The quantitative estimate of drug-likeness (QED) is 0.410. The lowest BCUT2D eigenvalue weighted by atomic mass is 10.1. The minimum Gasteiger partial charge on any atom is -0.493 e. The first kappa shape index (κ1) is 23.2. The number of ether oxygens (including phenoxy) is 2. The number of hydrogen-bond donors (Lipinski definition) is 1. The van der Waals surface area contributed by atoms with Gasteiger partial charge in [0.05, 0.1) is 19.9 Å². The van der Waals surface area contributed by atoms with Gasteiger partial charge in [-0.3, -0.25) is 14.2 Å². The summed E-state index contributed by atoms with van der Waals surface area (Å²) in [5.41, 5.74) is 2.43. The van der Waals surface area contributed by atoms with E-state index < -0.39 is 5.56 Å². The largest absolute Gasteiger partial charge is 0.493 e. The van der Waals surface area contributed by atoms with Crippen molar-refractivity contribution in [1.29, 1.82) is 0 Å². The predicted molar refractivity (Wildman–Crippen MR) is 127 cm³/mol. The monoisotopic (exact) mass is 482 g/mol. The molecule has 0 radical (unpaired) electrons. The van der Waals surface area contributed by atoms with Crippen LogP contribution in [0.3, 0.4) is 0 Å². The number of nitrogens with one attached hydrogen (secondary N) is 1. The van der Waals surface area contributed by atoms with Gasteiger partial charge in [0.15, 0.2) is 22.7 Å². The first-order chi connectivity index (χ1) is 16.4. The smallest absolute Gasteiger partial charge is 0.284 e. The number of nitrogens with zero attached hydrogens (tertiary/aromatic N) is 5. The van der Waals surface area contributed by atoms with Gasteiger partial charge in [-0.2, -0.15) is 4.68 Å². The summed E-state index contributed by atoms with van der Waals surface area (Å²) in [7, 11) is 3.14. The predicted octanol–water partition coefficient (Wildman–Crippen LogP) is 2.32. The summed E-state index contributed by atoms with van der Waals surface area (Å²) >= 11 is 6.20. The zero-order valence-electron chi connectivity index (χ0n) is 18.9. The van der Waals surface area contributed by atoms with Crippen molar-refractivity contribution < 1.29 is 14.3 Å². The molecular formula is C23H23ClN6O4. The van der Waals surface area contributed by atoms with E-state index in [0.29, 0.717) is 35.2 Å². The highest BCUT2D eigenvalue weighted by Gasteiger charge is 2.15. The SMILES string of the molecule is COc1ccc(CCNC(=O)Cn2cnc3c(nnn3-c3ccc(C)c(Cl)c3)c2=O)cc1OC. The van der Waals surface area contributed by atoms with Crippen LogP contribution in [-0.2, 0) is 17.8 Å². The Morgan fingerprint density at radius 3 is 2.65 bits per heavy atom. The molecule has 0 fully saturated rings. The summed E-state index contributed by atoms with van der Waals surface area (Å²) in [6, 6.07) is 11.0. The van der Waals surface area contributed by atoms with Gasteiger partial charge in [0.2, 0.25) is 5.91 Å².